The van der Waals surface area contributed by atoms with Crippen LogP contribution in [0.5, 0.6) is 5.75 Å². The van der Waals surface area contributed by atoms with Gasteiger partial charge in [-0.3, -0.25) is 9.59 Å². The third-order valence-corrected chi connectivity index (χ3v) is 4.96. The van der Waals surface area contributed by atoms with Crippen molar-refractivity contribution in [2.24, 2.45) is 0 Å². The molecule has 0 aromatic heterocycles. The topological polar surface area (TPSA) is 58.6 Å². The summed E-state index contributed by atoms with van der Waals surface area (Å²) in [6.07, 6.45) is 0. The Kier molecular flexibility index (Phi) is 8.42. The van der Waals surface area contributed by atoms with Gasteiger partial charge in [0.15, 0.2) is 6.61 Å². The molecule has 1 atom stereocenters. The Hall–Kier alpha value is -1.95. The first-order valence-corrected chi connectivity index (χ1v) is 9.85. The van der Waals surface area contributed by atoms with Gasteiger partial charge in [0.1, 0.15) is 11.8 Å². The largest absolute Gasteiger partial charge is 0.482 e. The van der Waals surface area contributed by atoms with Gasteiger partial charge in [-0.05, 0) is 43.7 Å². The van der Waals surface area contributed by atoms with Gasteiger partial charge in [0.2, 0.25) is 5.91 Å². The van der Waals surface area contributed by atoms with Crippen LogP contribution >= 0.6 is 34.8 Å². The van der Waals surface area contributed by atoms with E-state index in [1.807, 2.05) is 6.92 Å². The lowest BCUT2D eigenvalue weighted by Crippen LogP contribution is -2.49. The number of likely N-dealkylation sites (N-methyl/N-ethyl adjacent to an activating group) is 1. The molecule has 5 nitrogen and oxygen atoms in total. The van der Waals surface area contributed by atoms with E-state index >= 15 is 0 Å². The van der Waals surface area contributed by atoms with Crippen molar-refractivity contribution < 1.29 is 14.3 Å². The molecule has 0 aliphatic carbocycles. The molecule has 2 aromatic rings. The summed E-state index contributed by atoms with van der Waals surface area (Å²) in [6, 6.07) is 11.2. The summed E-state index contributed by atoms with van der Waals surface area (Å²) in [4.78, 5) is 26.6. The lowest BCUT2D eigenvalue weighted by atomic mass is 10.1. The van der Waals surface area contributed by atoms with Crippen molar-refractivity contribution >= 4 is 46.6 Å². The summed E-state index contributed by atoms with van der Waals surface area (Å²) in [5, 5.41) is 4.03. The molecule has 0 radical (unpaired) electrons. The lowest BCUT2D eigenvalue weighted by Gasteiger charge is -2.29. The molecular weight excluding hydrogens is 423 g/mol. The van der Waals surface area contributed by atoms with E-state index < -0.39 is 6.04 Å². The van der Waals surface area contributed by atoms with Crippen LogP contribution in [0, 0.1) is 0 Å². The SMILES string of the molecule is CCNC(=O)C(C)N(Cc1ccc(Cl)cc1Cl)C(=O)COc1ccccc1Cl. The highest BCUT2D eigenvalue weighted by molar-refractivity contribution is 6.35. The van der Waals surface area contributed by atoms with Crippen LogP contribution < -0.4 is 10.1 Å². The van der Waals surface area contributed by atoms with E-state index in [0.29, 0.717) is 32.9 Å². The van der Waals surface area contributed by atoms with Crippen LogP contribution in [0.15, 0.2) is 42.5 Å². The first kappa shape index (κ1) is 22.3. The fourth-order valence-electron chi connectivity index (χ4n) is 2.52. The van der Waals surface area contributed by atoms with Crippen LogP contribution in [0.25, 0.3) is 0 Å². The van der Waals surface area contributed by atoms with Crippen LogP contribution in [-0.2, 0) is 16.1 Å². The number of hydrogen-bond acceptors (Lipinski definition) is 3. The van der Waals surface area contributed by atoms with Crippen molar-refractivity contribution in [3.05, 3.63) is 63.1 Å². The molecule has 150 valence electrons. The summed E-state index contributed by atoms with van der Waals surface area (Å²) in [6.45, 7) is 3.80. The predicted octanol–water partition coefficient (Wildman–Crippen LogP) is 4.58. The average Bonchev–Trinajstić information content (AvgIpc) is 2.66. The highest BCUT2D eigenvalue weighted by atomic mass is 35.5. The van der Waals surface area contributed by atoms with Gasteiger partial charge in [-0.15, -0.1) is 0 Å². The maximum Gasteiger partial charge on any atom is 0.261 e. The first-order chi connectivity index (χ1) is 13.3. The van der Waals surface area contributed by atoms with E-state index in [1.54, 1.807) is 49.4 Å². The molecule has 8 heteroatoms. The van der Waals surface area contributed by atoms with Gasteiger partial charge in [0.05, 0.1) is 5.02 Å². The van der Waals surface area contributed by atoms with Crippen molar-refractivity contribution in [3.8, 4) is 5.75 Å². The van der Waals surface area contributed by atoms with Gasteiger partial charge >= 0.3 is 0 Å². The number of benzene rings is 2. The zero-order valence-corrected chi connectivity index (χ0v) is 17.8. The minimum Gasteiger partial charge on any atom is -0.482 e. The van der Waals surface area contributed by atoms with Gasteiger partial charge in [-0.2, -0.15) is 0 Å². The van der Waals surface area contributed by atoms with E-state index in [2.05, 4.69) is 5.32 Å². The Bertz CT molecular complexity index is 845. The van der Waals surface area contributed by atoms with Gasteiger partial charge in [0, 0.05) is 23.1 Å². The molecule has 1 N–H and O–H groups in total. The quantitative estimate of drug-likeness (QED) is 0.650. The molecule has 0 bridgehead atoms. The molecule has 0 spiro atoms. The molecular formula is C20H21Cl3N2O3. The minimum absolute atomic E-state index is 0.138. The third kappa shape index (κ3) is 6.03. The second-order valence-electron chi connectivity index (χ2n) is 6.05. The molecule has 28 heavy (non-hydrogen) atoms. The number of halogens is 3. The molecule has 0 heterocycles. The molecule has 0 fully saturated rings. The van der Waals surface area contributed by atoms with Crippen molar-refractivity contribution in [1.29, 1.82) is 0 Å². The fourth-order valence-corrected chi connectivity index (χ4v) is 3.18. The second kappa shape index (κ2) is 10.6. The zero-order chi connectivity index (χ0) is 20.7. The zero-order valence-electron chi connectivity index (χ0n) is 15.5. The maximum absolute atomic E-state index is 12.9. The number of para-hydroxylation sites is 1. The van der Waals surface area contributed by atoms with Gasteiger partial charge in [-0.1, -0.05) is 53.0 Å². The second-order valence-corrected chi connectivity index (χ2v) is 7.30. The maximum atomic E-state index is 12.9. The number of nitrogens with one attached hydrogen (secondary N) is 1. The summed E-state index contributed by atoms with van der Waals surface area (Å²) < 4.78 is 5.55. The number of carbonyl (C=O) groups is 2. The minimum atomic E-state index is -0.714. The Labute approximate surface area is 179 Å². The van der Waals surface area contributed by atoms with Crippen molar-refractivity contribution in [2.45, 2.75) is 26.4 Å². The smallest absolute Gasteiger partial charge is 0.261 e. The molecule has 1 unspecified atom stereocenters. The fraction of sp³-hybridized carbons (Fsp3) is 0.300. The number of ether oxygens (including phenoxy) is 1. The Morgan fingerprint density at radius 2 is 1.82 bits per heavy atom. The number of carbonyl (C=O) groups excluding carboxylic acids is 2. The predicted molar refractivity (Wildman–Crippen MR) is 112 cm³/mol. The van der Waals surface area contributed by atoms with Crippen LogP contribution in [-0.4, -0.2) is 35.9 Å². The molecule has 0 aliphatic rings. The van der Waals surface area contributed by atoms with Crippen LogP contribution in [0.1, 0.15) is 19.4 Å². The average molecular weight is 444 g/mol. The van der Waals surface area contributed by atoms with E-state index in [-0.39, 0.29) is 25.0 Å². The number of rotatable bonds is 8. The number of amides is 2. The van der Waals surface area contributed by atoms with Crippen molar-refractivity contribution in [3.63, 3.8) is 0 Å². The standard InChI is InChI=1S/C20H21Cl3N2O3/c1-3-24-20(27)13(2)25(11-14-8-9-15(21)10-17(14)23)19(26)12-28-18-7-5-4-6-16(18)22/h4-10,13H,3,11-12H2,1-2H3,(H,24,27). The van der Waals surface area contributed by atoms with Gasteiger partial charge < -0.3 is 15.0 Å². The summed E-state index contributed by atoms with van der Waals surface area (Å²) in [7, 11) is 0. The van der Waals surface area contributed by atoms with Crippen molar-refractivity contribution in [1.82, 2.24) is 10.2 Å². The van der Waals surface area contributed by atoms with Crippen molar-refractivity contribution in [2.75, 3.05) is 13.2 Å². The van der Waals surface area contributed by atoms with Crippen LogP contribution in [0.4, 0.5) is 0 Å². The molecule has 0 saturated carbocycles. The molecule has 2 amide bonds. The number of hydrogen-bond donors (Lipinski definition) is 1. The Morgan fingerprint density at radius 3 is 2.46 bits per heavy atom. The van der Waals surface area contributed by atoms with Crippen LogP contribution in [0.3, 0.4) is 0 Å². The Balaban J connectivity index is 2.20. The molecule has 2 rings (SSSR count). The Morgan fingerprint density at radius 1 is 1.11 bits per heavy atom. The third-order valence-electron chi connectivity index (χ3n) is 4.06. The van der Waals surface area contributed by atoms with E-state index in [1.165, 1.54) is 4.90 Å². The van der Waals surface area contributed by atoms with Crippen LogP contribution in [0.2, 0.25) is 15.1 Å². The van der Waals surface area contributed by atoms with E-state index in [9.17, 15) is 9.59 Å². The molecule has 0 saturated heterocycles. The first-order valence-electron chi connectivity index (χ1n) is 8.72. The molecule has 0 aliphatic heterocycles. The highest BCUT2D eigenvalue weighted by Gasteiger charge is 2.27. The van der Waals surface area contributed by atoms with E-state index in [4.69, 9.17) is 39.5 Å². The monoisotopic (exact) mass is 442 g/mol. The molecule has 2 aromatic carbocycles. The summed E-state index contributed by atoms with van der Waals surface area (Å²) >= 11 is 18.2. The van der Waals surface area contributed by atoms with Gasteiger partial charge in [0.25, 0.3) is 5.91 Å². The normalized spacial score (nSPS) is 11.6. The highest BCUT2D eigenvalue weighted by Crippen LogP contribution is 2.25. The van der Waals surface area contributed by atoms with Gasteiger partial charge in [-0.25, -0.2) is 0 Å². The summed E-state index contributed by atoms with van der Waals surface area (Å²) in [5.74, 6) is -0.240. The lowest BCUT2D eigenvalue weighted by molar-refractivity contribution is -0.142. The van der Waals surface area contributed by atoms with E-state index in [0.717, 1.165) is 0 Å². The summed E-state index contributed by atoms with van der Waals surface area (Å²) in [5.41, 5.74) is 0.674. The number of nitrogens with zero attached hydrogens (tertiary/aromatic N) is 1.